The smallest absolute Gasteiger partial charge is 0.258 e. The second-order valence-electron chi connectivity index (χ2n) is 3.42. The Balaban J connectivity index is 2.32. The van der Waals surface area contributed by atoms with E-state index < -0.39 is 4.92 Å². The Morgan fingerprint density at radius 1 is 1.11 bits per heavy atom. The minimum absolute atomic E-state index is 0.0664. The van der Waals surface area contributed by atoms with Gasteiger partial charge in [0, 0.05) is 11.0 Å². The number of nitro groups is 1. The minimum Gasteiger partial charge on any atom is -0.258 e. The molecule has 0 N–H and O–H groups in total. The van der Waals surface area contributed by atoms with E-state index in [1.54, 1.807) is 18.2 Å². The van der Waals surface area contributed by atoms with Crippen LogP contribution in [0.2, 0.25) is 15.2 Å². The molecule has 0 saturated heterocycles. The molecular weight excluding hydrogens is 331 g/mol. The summed E-state index contributed by atoms with van der Waals surface area (Å²) in [5.41, 5.74) is -0.109. The van der Waals surface area contributed by atoms with E-state index in [-0.39, 0.29) is 10.8 Å². The molecule has 1 heterocycles. The molecule has 0 spiro atoms. The Bertz CT molecular complexity index is 652. The quantitative estimate of drug-likeness (QED) is 0.445. The molecule has 0 aliphatic rings. The summed E-state index contributed by atoms with van der Waals surface area (Å²) in [5, 5.41) is 12.1. The molecular formula is C11H5Cl3N2O2S. The Morgan fingerprint density at radius 3 is 2.47 bits per heavy atom. The summed E-state index contributed by atoms with van der Waals surface area (Å²) in [6.07, 6.45) is 0. The van der Waals surface area contributed by atoms with Gasteiger partial charge in [0.25, 0.3) is 5.69 Å². The average Bonchev–Trinajstić information content (AvgIpc) is 2.33. The maximum atomic E-state index is 10.7. The summed E-state index contributed by atoms with van der Waals surface area (Å²) in [5.74, 6) is 0. The van der Waals surface area contributed by atoms with Gasteiger partial charge in [-0.25, -0.2) is 4.98 Å². The summed E-state index contributed by atoms with van der Waals surface area (Å²) in [6.45, 7) is 0. The van der Waals surface area contributed by atoms with E-state index in [9.17, 15) is 10.1 Å². The van der Waals surface area contributed by atoms with Gasteiger partial charge in [-0.2, -0.15) is 0 Å². The van der Waals surface area contributed by atoms with Crippen LogP contribution in [0, 0.1) is 10.1 Å². The third-order valence-corrected chi connectivity index (χ3v) is 3.92. The van der Waals surface area contributed by atoms with Gasteiger partial charge in [-0.15, -0.1) is 0 Å². The van der Waals surface area contributed by atoms with Crippen LogP contribution < -0.4 is 0 Å². The lowest BCUT2D eigenvalue weighted by atomic mass is 10.4. The van der Waals surface area contributed by atoms with Gasteiger partial charge in [0.05, 0.1) is 21.0 Å². The van der Waals surface area contributed by atoms with E-state index in [0.717, 1.165) is 4.90 Å². The van der Waals surface area contributed by atoms with Gasteiger partial charge in [0.1, 0.15) is 10.2 Å². The van der Waals surface area contributed by atoms with E-state index >= 15 is 0 Å². The van der Waals surface area contributed by atoms with Crippen LogP contribution in [0.3, 0.4) is 0 Å². The van der Waals surface area contributed by atoms with Crippen LogP contribution >= 0.6 is 46.6 Å². The van der Waals surface area contributed by atoms with Gasteiger partial charge in [-0.1, -0.05) is 46.6 Å². The van der Waals surface area contributed by atoms with Crippen LogP contribution in [0.15, 0.2) is 40.3 Å². The normalized spacial score (nSPS) is 10.5. The molecule has 0 aliphatic heterocycles. The zero-order valence-electron chi connectivity index (χ0n) is 9.14. The molecule has 0 bridgehead atoms. The van der Waals surface area contributed by atoms with Gasteiger partial charge in [0.2, 0.25) is 0 Å². The topological polar surface area (TPSA) is 56.0 Å². The second kappa shape index (κ2) is 5.96. The van der Waals surface area contributed by atoms with Crippen molar-refractivity contribution < 1.29 is 4.92 Å². The fourth-order valence-electron chi connectivity index (χ4n) is 1.28. The third kappa shape index (κ3) is 3.73. The minimum atomic E-state index is -0.521. The first-order chi connectivity index (χ1) is 8.95. The van der Waals surface area contributed by atoms with Crippen LogP contribution in [-0.2, 0) is 0 Å². The Kier molecular flexibility index (Phi) is 4.52. The van der Waals surface area contributed by atoms with Gasteiger partial charge in [-0.3, -0.25) is 10.1 Å². The van der Waals surface area contributed by atoms with Crippen LogP contribution in [0.1, 0.15) is 0 Å². The number of halogens is 3. The van der Waals surface area contributed by atoms with Gasteiger partial charge in [0.15, 0.2) is 0 Å². The van der Waals surface area contributed by atoms with Crippen molar-refractivity contribution >= 4 is 52.3 Å². The maximum Gasteiger partial charge on any atom is 0.275 e. The number of aromatic nitrogens is 1. The number of hydrogen-bond donors (Lipinski definition) is 0. The van der Waals surface area contributed by atoms with E-state index in [4.69, 9.17) is 34.8 Å². The number of benzene rings is 1. The van der Waals surface area contributed by atoms with Crippen LogP contribution in [-0.4, -0.2) is 9.91 Å². The molecule has 0 fully saturated rings. The van der Waals surface area contributed by atoms with E-state index in [2.05, 4.69) is 4.98 Å². The molecule has 1 aromatic carbocycles. The van der Waals surface area contributed by atoms with E-state index in [0.29, 0.717) is 15.1 Å². The number of pyridine rings is 1. The fourth-order valence-corrected chi connectivity index (χ4v) is 2.77. The number of rotatable bonds is 3. The Labute approximate surface area is 127 Å². The lowest BCUT2D eigenvalue weighted by Crippen LogP contribution is -1.90. The molecule has 1 aromatic heterocycles. The van der Waals surface area contributed by atoms with Gasteiger partial charge in [-0.05, 0) is 18.2 Å². The molecule has 2 rings (SSSR count). The molecule has 0 unspecified atom stereocenters. The molecule has 19 heavy (non-hydrogen) atoms. The number of nitrogens with zero attached hydrogens (tertiary/aromatic N) is 2. The van der Waals surface area contributed by atoms with Crippen molar-refractivity contribution in [2.45, 2.75) is 9.92 Å². The molecule has 0 radical (unpaired) electrons. The Morgan fingerprint density at radius 2 is 1.84 bits per heavy atom. The lowest BCUT2D eigenvalue weighted by molar-refractivity contribution is -0.385. The standard InChI is InChI=1S/C11H5Cl3N2O2S/c12-8-2-1-7(5-9(8)13)19-11-4-6(16(17)18)3-10(14)15-11/h1-5H. The summed E-state index contributed by atoms with van der Waals surface area (Å²) < 4.78 is 0. The summed E-state index contributed by atoms with van der Waals surface area (Å²) >= 11 is 18.7. The second-order valence-corrected chi connectivity index (χ2v) is 5.72. The van der Waals surface area contributed by atoms with Crippen molar-refractivity contribution in [1.29, 1.82) is 0 Å². The lowest BCUT2D eigenvalue weighted by Gasteiger charge is -2.03. The van der Waals surface area contributed by atoms with Crippen LogP contribution in [0.5, 0.6) is 0 Å². The molecule has 0 atom stereocenters. The van der Waals surface area contributed by atoms with Crippen molar-refractivity contribution in [3.8, 4) is 0 Å². The third-order valence-electron chi connectivity index (χ3n) is 2.08. The summed E-state index contributed by atoms with van der Waals surface area (Å²) in [6, 6.07) is 7.58. The number of hydrogen-bond acceptors (Lipinski definition) is 4. The highest BCUT2D eigenvalue weighted by Crippen LogP contribution is 2.33. The maximum absolute atomic E-state index is 10.7. The van der Waals surface area contributed by atoms with Crippen LogP contribution in [0.25, 0.3) is 0 Å². The molecule has 0 saturated carbocycles. The van der Waals surface area contributed by atoms with Crippen molar-refractivity contribution in [2.24, 2.45) is 0 Å². The summed E-state index contributed by atoms with van der Waals surface area (Å²) in [4.78, 5) is 15.0. The predicted molar refractivity (Wildman–Crippen MR) is 76.5 cm³/mol. The van der Waals surface area contributed by atoms with Crippen LogP contribution in [0.4, 0.5) is 5.69 Å². The highest BCUT2D eigenvalue weighted by Gasteiger charge is 2.11. The molecule has 98 valence electrons. The van der Waals surface area contributed by atoms with E-state index in [1.807, 2.05) is 0 Å². The van der Waals surface area contributed by atoms with Crippen molar-refractivity contribution in [1.82, 2.24) is 4.98 Å². The highest BCUT2D eigenvalue weighted by molar-refractivity contribution is 7.99. The Hall–Kier alpha value is -1.01. The summed E-state index contributed by atoms with van der Waals surface area (Å²) in [7, 11) is 0. The molecule has 0 aliphatic carbocycles. The molecule has 8 heteroatoms. The highest BCUT2D eigenvalue weighted by atomic mass is 35.5. The largest absolute Gasteiger partial charge is 0.275 e. The molecule has 4 nitrogen and oxygen atoms in total. The van der Waals surface area contributed by atoms with E-state index in [1.165, 1.54) is 23.9 Å². The zero-order valence-corrected chi connectivity index (χ0v) is 12.2. The first-order valence-electron chi connectivity index (χ1n) is 4.90. The van der Waals surface area contributed by atoms with Crippen molar-refractivity contribution in [3.05, 3.63) is 55.6 Å². The molecule has 0 amide bonds. The fraction of sp³-hybridized carbons (Fsp3) is 0. The predicted octanol–water partition coefficient (Wildman–Crippen LogP) is 5.10. The first-order valence-corrected chi connectivity index (χ1v) is 6.85. The van der Waals surface area contributed by atoms with Gasteiger partial charge < -0.3 is 0 Å². The zero-order chi connectivity index (χ0) is 14.0. The average molecular weight is 336 g/mol. The molecule has 2 aromatic rings. The SMILES string of the molecule is O=[N+]([O-])c1cc(Cl)nc(Sc2ccc(Cl)c(Cl)c2)c1. The van der Waals surface area contributed by atoms with Crippen molar-refractivity contribution in [3.63, 3.8) is 0 Å². The van der Waals surface area contributed by atoms with Crippen molar-refractivity contribution in [2.75, 3.05) is 0 Å². The van der Waals surface area contributed by atoms with Gasteiger partial charge >= 0.3 is 0 Å². The monoisotopic (exact) mass is 334 g/mol. The first kappa shape index (κ1) is 14.4.